The summed E-state index contributed by atoms with van der Waals surface area (Å²) >= 11 is 3.43. The fourth-order valence-electron chi connectivity index (χ4n) is 1.84. The number of rotatable bonds is 4. The normalized spacial score (nSPS) is 12.2. The van der Waals surface area contributed by atoms with Gasteiger partial charge in [-0.3, -0.25) is 4.98 Å². The third-order valence-corrected chi connectivity index (χ3v) is 3.45. The summed E-state index contributed by atoms with van der Waals surface area (Å²) in [5.74, 6) is 0.397. The van der Waals surface area contributed by atoms with E-state index in [4.69, 9.17) is 10.5 Å². The summed E-state index contributed by atoms with van der Waals surface area (Å²) in [6.07, 6.45) is 3.36. The van der Waals surface area contributed by atoms with Crippen molar-refractivity contribution in [2.75, 3.05) is 7.11 Å². The molecule has 1 aromatic carbocycles. The lowest BCUT2D eigenvalue weighted by Crippen LogP contribution is -2.14. The van der Waals surface area contributed by atoms with E-state index in [1.165, 1.54) is 12.3 Å². The van der Waals surface area contributed by atoms with Gasteiger partial charge in [-0.1, -0.05) is 6.07 Å². The van der Waals surface area contributed by atoms with Crippen molar-refractivity contribution in [1.82, 2.24) is 4.98 Å². The second-order valence-electron chi connectivity index (χ2n) is 4.22. The Bertz CT molecular complexity index is 577. The molecular formula is C14H14BrFN2O. The molecule has 0 aliphatic rings. The van der Waals surface area contributed by atoms with Gasteiger partial charge in [0.2, 0.25) is 0 Å². The van der Waals surface area contributed by atoms with Crippen molar-refractivity contribution in [1.29, 1.82) is 0 Å². The van der Waals surface area contributed by atoms with Gasteiger partial charge in [-0.05, 0) is 51.7 Å². The molecule has 2 N–H and O–H groups in total. The maximum absolute atomic E-state index is 13.1. The number of hydrogen-bond donors (Lipinski definition) is 1. The van der Waals surface area contributed by atoms with Crippen molar-refractivity contribution < 1.29 is 9.13 Å². The van der Waals surface area contributed by atoms with Crippen molar-refractivity contribution in [2.24, 2.45) is 5.73 Å². The van der Waals surface area contributed by atoms with Gasteiger partial charge in [-0.15, -0.1) is 0 Å². The highest BCUT2D eigenvalue weighted by molar-refractivity contribution is 9.10. The second kappa shape index (κ2) is 6.12. The molecule has 5 heteroatoms. The molecule has 1 heterocycles. The average Bonchev–Trinajstić information content (AvgIpc) is 2.39. The quantitative estimate of drug-likeness (QED) is 0.939. The van der Waals surface area contributed by atoms with E-state index < -0.39 is 0 Å². The highest BCUT2D eigenvalue weighted by Gasteiger charge is 2.10. The molecule has 1 atom stereocenters. The summed E-state index contributed by atoms with van der Waals surface area (Å²) in [5.41, 5.74) is 7.80. The fourth-order valence-corrected chi connectivity index (χ4v) is 2.43. The predicted octanol–water partition coefficient (Wildman–Crippen LogP) is 3.23. The van der Waals surface area contributed by atoms with Crippen LogP contribution in [0.5, 0.6) is 5.75 Å². The van der Waals surface area contributed by atoms with Crippen LogP contribution in [0, 0.1) is 5.82 Å². The van der Waals surface area contributed by atoms with E-state index in [1.807, 2.05) is 18.2 Å². The first-order valence-electron chi connectivity index (χ1n) is 5.78. The molecule has 0 spiro atoms. The molecular weight excluding hydrogens is 311 g/mol. The first-order valence-corrected chi connectivity index (χ1v) is 6.58. The van der Waals surface area contributed by atoms with Gasteiger partial charge < -0.3 is 10.5 Å². The number of benzene rings is 1. The zero-order valence-electron chi connectivity index (χ0n) is 10.4. The monoisotopic (exact) mass is 324 g/mol. The Morgan fingerprint density at radius 3 is 2.79 bits per heavy atom. The molecule has 0 fully saturated rings. The molecule has 2 aromatic rings. The van der Waals surface area contributed by atoms with Crippen LogP contribution in [0.25, 0.3) is 0 Å². The van der Waals surface area contributed by atoms with Crippen LogP contribution in [0.1, 0.15) is 17.2 Å². The van der Waals surface area contributed by atoms with Crippen LogP contribution in [0.15, 0.2) is 41.1 Å². The number of nitrogens with zero attached hydrogens (tertiary/aromatic N) is 1. The molecule has 0 amide bonds. The number of ether oxygens (including phenoxy) is 1. The first-order chi connectivity index (χ1) is 9.10. The van der Waals surface area contributed by atoms with Crippen LogP contribution >= 0.6 is 15.9 Å². The Kier molecular flexibility index (Phi) is 4.50. The summed E-state index contributed by atoms with van der Waals surface area (Å²) in [6, 6.07) is 6.89. The standard InChI is InChI=1S/C14H14BrFN2O/c1-19-14-3-2-9(4-12(14)15)5-13(17)10-6-11(16)8-18-7-10/h2-4,6-8,13H,5,17H2,1H3. The van der Waals surface area contributed by atoms with Gasteiger partial charge in [0.15, 0.2) is 0 Å². The van der Waals surface area contributed by atoms with Crippen molar-refractivity contribution >= 4 is 15.9 Å². The van der Waals surface area contributed by atoms with E-state index in [-0.39, 0.29) is 11.9 Å². The third-order valence-electron chi connectivity index (χ3n) is 2.83. The maximum Gasteiger partial charge on any atom is 0.141 e. The molecule has 19 heavy (non-hydrogen) atoms. The number of halogens is 2. The van der Waals surface area contributed by atoms with E-state index in [0.717, 1.165) is 15.8 Å². The summed E-state index contributed by atoms with van der Waals surface area (Å²) in [7, 11) is 1.61. The fraction of sp³-hybridized carbons (Fsp3) is 0.214. The maximum atomic E-state index is 13.1. The van der Waals surface area contributed by atoms with Crippen LogP contribution < -0.4 is 10.5 Å². The Labute approximate surface area is 119 Å². The van der Waals surface area contributed by atoms with Crippen molar-refractivity contribution in [3.05, 3.63) is 58.1 Å². The van der Waals surface area contributed by atoms with Crippen LogP contribution in [-0.2, 0) is 6.42 Å². The van der Waals surface area contributed by atoms with Crippen LogP contribution in [0.2, 0.25) is 0 Å². The SMILES string of the molecule is COc1ccc(CC(N)c2cncc(F)c2)cc1Br. The molecule has 100 valence electrons. The number of pyridine rings is 1. The predicted molar refractivity (Wildman–Crippen MR) is 75.5 cm³/mol. The van der Waals surface area contributed by atoms with Crippen LogP contribution in [0.3, 0.4) is 0 Å². The average molecular weight is 325 g/mol. The van der Waals surface area contributed by atoms with Gasteiger partial charge in [0, 0.05) is 12.2 Å². The Morgan fingerprint density at radius 1 is 1.37 bits per heavy atom. The molecule has 0 saturated heterocycles. The van der Waals surface area contributed by atoms with Crippen molar-refractivity contribution in [3.8, 4) is 5.75 Å². The minimum Gasteiger partial charge on any atom is -0.496 e. The molecule has 0 aliphatic carbocycles. The van der Waals surface area contributed by atoms with Crippen molar-refractivity contribution in [2.45, 2.75) is 12.5 Å². The van der Waals surface area contributed by atoms with E-state index in [0.29, 0.717) is 12.0 Å². The Hall–Kier alpha value is -1.46. The van der Waals surface area contributed by atoms with E-state index >= 15 is 0 Å². The van der Waals surface area contributed by atoms with Gasteiger partial charge in [0.1, 0.15) is 11.6 Å². The number of aromatic nitrogens is 1. The zero-order chi connectivity index (χ0) is 13.8. The van der Waals surface area contributed by atoms with Gasteiger partial charge in [0.25, 0.3) is 0 Å². The third kappa shape index (κ3) is 3.52. The topological polar surface area (TPSA) is 48.1 Å². The molecule has 0 aliphatic heterocycles. The van der Waals surface area contributed by atoms with E-state index in [1.54, 1.807) is 13.3 Å². The molecule has 3 nitrogen and oxygen atoms in total. The Balaban J connectivity index is 2.14. The highest BCUT2D eigenvalue weighted by Crippen LogP contribution is 2.27. The van der Waals surface area contributed by atoms with Gasteiger partial charge in [0.05, 0.1) is 17.8 Å². The molecule has 0 saturated carbocycles. The minimum absolute atomic E-state index is 0.288. The lowest BCUT2D eigenvalue weighted by Gasteiger charge is -2.13. The largest absolute Gasteiger partial charge is 0.496 e. The molecule has 2 rings (SSSR count). The zero-order valence-corrected chi connectivity index (χ0v) is 12.0. The van der Waals surface area contributed by atoms with E-state index in [2.05, 4.69) is 20.9 Å². The lowest BCUT2D eigenvalue weighted by molar-refractivity contribution is 0.412. The summed E-state index contributed by atoms with van der Waals surface area (Å²) in [4.78, 5) is 3.81. The number of hydrogen-bond acceptors (Lipinski definition) is 3. The van der Waals surface area contributed by atoms with Gasteiger partial charge in [-0.2, -0.15) is 0 Å². The van der Waals surface area contributed by atoms with Gasteiger partial charge in [-0.25, -0.2) is 4.39 Å². The van der Waals surface area contributed by atoms with E-state index in [9.17, 15) is 4.39 Å². The molecule has 1 aromatic heterocycles. The summed E-state index contributed by atoms with van der Waals surface area (Å²) in [5, 5.41) is 0. The van der Waals surface area contributed by atoms with Crippen LogP contribution in [-0.4, -0.2) is 12.1 Å². The summed E-state index contributed by atoms with van der Waals surface area (Å²) in [6.45, 7) is 0. The number of nitrogens with two attached hydrogens (primary N) is 1. The lowest BCUT2D eigenvalue weighted by atomic mass is 10.0. The van der Waals surface area contributed by atoms with Crippen molar-refractivity contribution in [3.63, 3.8) is 0 Å². The van der Waals surface area contributed by atoms with Crippen LogP contribution in [0.4, 0.5) is 4.39 Å². The minimum atomic E-state index is -0.371. The molecule has 0 bridgehead atoms. The Morgan fingerprint density at radius 2 is 2.16 bits per heavy atom. The first kappa shape index (κ1) is 14.0. The molecule has 1 unspecified atom stereocenters. The second-order valence-corrected chi connectivity index (χ2v) is 5.07. The molecule has 0 radical (unpaired) electrons. The summed E-state index contributed by atoms with van der Waals surface area (Å²) < 4.78 is 19.1. The highest BCUT2D eigenvalue weighted by atomic mass is 79.9. The number of methoxy groups -OCH3 is 1. The van der Waals surface area contributed by atoms with Gasteiger partial charge >= 0.3 is 0 Å². The smallest absolute Gasteiger partial charge is 0.141 e.